The Kier molecular flexibility index (Phi) is 2.22. The molecule has 2 heterocycles. The molecule has 1 aromatic rings. The van der Waals surface area contributed by atoms with Crippen LogP contribution in [0.1, 0.15) is 30.4 Å². The number of nitrogens with zero attached hydrogens (tertiary/aromatic N) is 2. The first-order valence-electron chi connectivity index (χ1n) is 6.96. The van der Waals surface area contributed by atoms with Gasteiger partial charge >= 0.3 is 6.03 Å². The van der Waals surface area contributed by atoms with Gasteiger partial charge in [-0.1, -0.05) is 24.3 Å². The number of amides is 3. The van der Waals surface area contributed by atoms with Crippen LogP contribution in [0.15, 0.2) is 24.3 Å². The first-order chi connectivity index (χ1) is 9.25. The van der Waals surface area contributed by atoms with Crippen molar-refractivity contribution in [3.63, 3.8) is 0 Å². The molecule has 1 unspecified atom stereocenters. The van der Waals surface area contributed by atoms with Gasteiger partial charge in [0.15, 0.2) is 0 Å². The molecule has 3 aliphatic rings. The van der Waals surface area contributed by atoms with Crippen LogP contribution in [0.25, 0.3) is 0 Å². The lowest BCUT2D eigenvalue weighted by atomic mass is 9.91. The van der Waals surface area contributed by atoms with Crippen LogP contribution in [-0.2, 0) is 17.8 Å². The van der Waals surface area contributed by atoms with Gasteiger partial charge in [-0.15, -0.1) is 0 Å². The largest absolute Gasteiger partial charge is 0.328 e. The fraction of sp³-hybridized carbons (Fsp3) is 0.467. The molecule has 0 spiro atoms. The SMILES string of the molecule is O=C1C2Cc3ccccc3CN2C(=O)N1C1CCC1. The summed E-state index contributed by atoms with van der Waals surface area (Å²) in [6, 6.07) is 7.93. The number of hydrogen-bond acceptors (Lipinski definition) is 2. The fourth-order valence-electron chi connectivity index (χ4n) is 3.32. The van der Waals surface area contributed by atoms with Gasteiger partial charge in [-0.05, 0) is 30.4 Å². The smallest absolute Gasteiger partial charge is 0.308 e. The van der Waals surface area contributed by atoms with Crippen LogP contribution >= 0.6 is 0 Å². The van der Waals surface area contributed by atoms with E-state index in [2.05, 4.69) is 12.1 Å². The molecule has 4 rings (SSSR count). The Hall–Kier alpha value is -1.84. The van der Waals surface area contributed by atoms with E-state index in [0.29, 0.717) is 13.0 Å². The van der Waals surface area contributed by atoms with Crippen molar-refractivity contribution < 1.29 is 9.59 Å². The van der Waals surface area contributed by atoms with Crippen LogP contribution in [0, 0.1) is 0 Å². The van der Waals surface area contributed by atoms with Crippen molar-refractivity contribution in [3.05, 3.63) is 35.4 Å². The van der Waals surface area contributed by atoms with Crippen LogP contribution in [0.4, 0.5) is 4.79 Å². The summed E-state index contributed by atoms with van der Waals surface area (Å²) in [6.07, 6.45) is 3.76. The predicted octanol–water partition coefficient (Wildman–Crippen LogP) is 1.93. The van der Waals surface area contributed by atoms with Crippen molar-refractivity contribution in [1.29, 1.82) is 0 Å². The highest BCUT2D eigenvalue weighted by atomic mass is 16.2. The first kappa shape index (κ1) is 11.0. The molecule has 19 heavy (non-hydrogen) atoms. The molecule has 0 N–H and O–H groups in total. The van der Waals surface area contributed by atoms with Crippen LogP contribution in [0.2, 0.25) is 0 Å². The summed E-state index contributed by atoms with van der Waals surface area (Å²) >= 11 is 0. The molecule has 2 aliphatic heterocycles. The number of imide groups is 1. The van der Waals surface area contributed by atoms with Crippen LogP contribution in [0.3, 0.4) is 0 Å². The molecular weight excluding hydrogens is 240 g/mol. The number of hydrogen-bond donors (Lipinski definition) is 0. The van der Waals surface area contributed by atoms with E-state index in [-0.39, 0.29) is 24.0 Å². The number of benzene rings is 1. The molecule has 0 aromatic heterocycles. The van der Waals surface area contributed by atoms with Crippen molar-refractivity contribution in [3.8, 4) is 0 Å². The lowest BCUT2D eigenvalue weighted by molar-refractivity contribution is -0.131. The van der Waals surface area contributed by atoms with Crippen LogP contribution in [0.5, 0.6) is 0 Å². The number of carbonyl (C=O) groups excluding carboxylic acids is 2. The van der Waals surface area contributed by atoms with Gasteiger partial charge in [-0.2, -0.15) is 0 Å². The van der Waals surface area contributed by atoms with Crippen molar-refractivity contribution >= 4 is 11.9 Å². The Bertz CT molecular complexity index is 522. The number of rotatable bonds is 1. The topological polar surface area (TPSA) is 40.6 Å². The molecule has 0 bridgehead atoms. The molecule has 4 nitrogen and oxygen atoms in total. The standard InChI is InChI=1S/C15H16N2O2/c18-14-13-8-10-4-1-2-5-11(10)9-16(13)15(19)17(14)12-6-3-7-12/h1-2,4-5,12-13H,3,6-9H2. The first-order valence-corrected chi connectivity index (χ1v) is 6.96. The van der Waals surface area contributed by atoms with Gasteiger partial charge in [-0.3, -0.25) is 9.69 Å². The Labute approximate surface area is 112 Å². The molecule has 3 amide bonds. The predicted molar refractivity (Wildman–Crippen MR) is 69.4 cm³/mol. The van der Waals surface area contributed by atoms with Gasteiger partial charge in [0.05, 0.1) is 0 Å². The average Bonchev–Trinajstić information content (AvgIpc) is 2.60. The second-order valence-corrected chi connectivity index (χ2v) is 5.69. The normalized spacial score (nSPS) is 26.2. The minimum absolute atomic E-state index is 0.0178. The Morgan fingerprint density at radius 2 is 1.79 bits per heavy atom. The maximum absolute atomic E-state index is 12.5. The number of fused-ring (bicyclic) bond motifs is 2. The van der Waals surface area contributed by atoms with E-state index >= 15 is 0 Å². The molecule has 1 aromatic carbocycles. The maximum Gasteiger partial charge on any atom is 0.328 e. The van der Waals surface area contributed by atoms with E-state index in [1.165, 1.54) is 16.0 Å². The third-order valence-corrected chi connectivity index (χ3v) is 4.66. The third kappa shape index (κ3) is 1.46. The van der Waals surface area contributed by atoms with E-state index in [1.807, 2.05) is 12.1 Å². The van der Waals surface area contributed by atoms with E-state index in [9.17, 15) is 9.59 Å². The number of urea groups is 1. The van der Waals surface area contributed by atoms with Gasteiger partial charge in [0.25, 0.3) is 5.91 Å². The van der Waals surface area contributed by atoms with Gasteiger partial charge in [-0.25, -0.2) is 4.79 Å². The molecule has 1 saturated carbocycles. The third-order valence-electron chi connectivity index (χ3n) is 4.66. The fourth-order valence-corrected chi connectivity index (χ4v) is 3.32. The Morgan fingerprint density at radius 1 is 1.05 bits per heavy atom. The summed E-state index contributed by atoms with van der Waals surface area (Å²) in [6.45, 7) is 0.578. The maximum atomic E-state index is 12.5. The van der Waals surface area contributed by atoms with Gasteiger partial charge in [0.2, 0.25) is 0 Å². The van der Waals surface area contributed by atoms with E-state index in [1.54, 1.807) is 4.90 Å². The summed E-state index contributed by atoms with van der Waals surface area (Å²) in [5.41, 5.74) is 2.38. The highest BCUT2D eigenvalue weighted by molar-refractivity contribution is 6.05. The average molecular weight is 256 g/mol. The molecule has 1 saturated heterocycles. The van der Waals surface area contributed by atoms with E-state index in [4.69, 9.17) is 0 Å². The number of carbonyl (C=O) groups is 2. The van der Waals surface area contributed by atoms with Crippen molar-refractivity contribution in [2.45, 2.75) is 44.3 Å². The lowest BCUT2D eigenvalue weighted by Crippen LogP contribution is -2.44. The van der Waals surface area contributed by atoms with E-state index < -0.39 is 0 Å². The highest BCUT2D eigenvalue weighted by Crippen LogP contribution is 2.35. The van der Waals surface area contributed by atoms with Crippen molar-refractivity contribution in [1.82, 2.24) is 9.80 Å². The van der Waals surface area contributed by atoms with Crippen molar-refractivity contribution in [2.24, 2.45) is 0 Å². The minimum atomic E-state index is -0.261. The van der Waals surface area contributed by atoms with Crippen LogP contribution < -0.4 is 0 Å². The van der Waals surface area contributed by atoms with Gasteiger partial charge in [0.1, 0.15) is 6.04 Å². The van der Waals surface area contributed by atoms with Gasteiger partial charge < -0.3 is 4.90 Å². The zero-order valence-electron chi connectivity index (χ0n) is 10.7. The molecule has 4 heteroatoms. The second-order valence-electron chi connectivity index (χ2n) is 5.69. The summed E-state index contributed by atoms with van der Waals surface area (Å²) in [7, 11) is 0. The Balaban J connectivity index is 1.68. The highest BCUT2D eigenvalue weighted by Gasteiger charge is 2.50. The minimum Gasteiger partial charge on any atom is -0.308 e. The zero-order valence-corrected chi connectivity index (χ0v) is 10.7. The molecule has 1 atom stereocenters. The van der Waals surface area contributed by atoms with E-state index in [0.717, 1.165) is 19.3 Å². The molecule has 2 fully saturated rings. The second kappa shape index (κ2) is 3.83. The van der Waals surface area contributed by atoms with Gasteiger partial charge in [0, 0.05) is 19.0 Å². The zero-order chi connectivity index (χ0) is 13.0. The monoisotopic (exact) mass is 256 g/mol. The molecule has 98 valence electrons. The summed E-state index contributed by atoms with van der Waals surface area (Å²) in [5, 5.41) is 0. The van der Waals surface area contributed by atoms with Crippen LogP contribution in [-0.4, -0.2) is 33.8 Å². The molecular formula is C15H16N2O2. The lowest BCUT2D eigenvalue weighted by Gasteiger charge is -2.32. The Morgan fingerprint density at radius 3 is 2.47 bits per heavy atom. The molecule has 0 radical (unpaired) electrons. The molecule has 1 aliphatic carbocycles. The van der Waals surface area contributed by atoms with Crippen molar-refractivity contribution in [2.75, 3.05) is 0 Å². The summed E-state index contributed by atoms with van der Waals surface area (Å²) in [4.78, 5) is 28.2. The quantitative estimate of drug-likeness (QED) is 0.720. The summed E-state index contributed by atoms with van der Waals surface area (Å²) in [5.74, 6) is 0.0178. The summed E-state index contributed by atoms with van der Waals surface area (Å²) < 4.78 is 0.